The summed E-state index contributed by atoms with van der Waals surface area (Å²) in [7, 11) is 1.65. The van der Waals surface area contributed by atoms with E-state index in [0.29, 0.717) is 5.92 Å². The molecular formula is C11H11NO2. The Kier molecular flexibility index (Phi) is 1.40. The molecule has 0 spiro atoms. The van der Waals surface area contributed by atoms with Crippen molar-refractivity contribution in [2.45, 2.75) is 5.92 Å². The Labute approximate surface area is 82.3 Å². The Bertz CT molecular complexity index is 408. The first kappa shape index (κ1) is 7.85. The van der Waals surface area contributed by atoms with Gasteiger partial charge in [0.2, 0.25) is 0 Å². The summed E-state index contributed by atoms with van der Waals surface area (Å²) in [6.45, 7) is 1.78. The normalized spacial score (nSPS) is 18.9. The molecule has 0 N–H and O–H groups in total. The van der Waals surface area contributed by atoms with E-state index in [4.69, 9.17) is 4.74 Å². The second-order valence-electron chi connectivity index (χ2n) is 3.86. The average molecular weight is 189 g/mol. The Hall–Kier alpha value is -1.51. The van der Waals surface area contributed by atoms with Gasteiger partial charge in [0, 0.05) is 24.6 Å². The standard InChI is InChI=1S/C11H11NO2/c1-14-8-2-3-9-10(4-8)7-5-12(6-7)11(9)13/h2-4,7H,5-6H2,1H3. The molecule has 3 aliphatic rings. The molecule has 3 heterocycles. The molecule has 0 radical (unpaired) electrons. The van der Waals surface area contributed by atoms with E-state index in [9.17, 15) is 4.79 Å². The number of carbonyl (C=O) groups is 1. The van der Waals surface area contributed by atoms with Gasteiger partial charge in [0.25, 0.3) is 5.91 Å². The zero-order chi connectivity index (χ0) is 9.71. The SMILES string of the molecule is COc1ccc2c(c1)C1CN(C1)C2=O. The summed E-state index contributed by atoms with van der Waals surface area (Å²) in [5.41, 5.74) is 2.02. The molecule has 3 aliphatic heterocycles. The minimum absolute atomic E-state index is 0.171. The smallest absolute Gasteiger partial charge is 0.254 e. The van der Waals surface area contributed by atoms with Crippen LogP contribution in [0.25, 0.3) is 0 Å². The Morgan fingerprint density at radius 3 is 2.93 bits per heavy atom. The summed E-state index contributed by atoms with van der Waals surface area (Å²) >= 11 is 0. The van der Waals surface area contributed by atoms with Gasteiger partial charge in [0.15, 0.2) is 0 Å². The van der Waals surface area contributed by atoms with Gasteiger partial charge in [-0.2, -0.15) is 0 Å². The van der Waals surface area contributed by atoms with Crippen LogP contribution < -0.4 is 4.74 Å². The van der Waals surface area contributed by atoms with Crippen LogP contribution >= 0.6 is 0 Å². The average Bonchev–Trinajstić information content (AvgIpc) is 2.15. The number of benzene rings is 1. The third kappa shape index (κ3) is 0.842. The monoisotopic (exact) mass is 189 g/mol. The Morgan fingerprint density at radius 1 is 1.43 bits per heavy atom. The second-order valence-corrected chi connectivity index (χ2v) is 3.86. The van der Waals surface area contributed by atoms with Gasteiger partial charge in [-0.25, -0.2) is 0 Å². The lowest BCUT2D eigenvalue weighted by Gasteiger charge is -2.45. The van der Waals surface area contributed by atoms with Gasteiger partial charge in [-0.05, 0) is 23.8 Å². The molecule has 1 aromatic carbocycles. The fourth-order valence-electron chi connectivity index (χ4n) is 2.21. The van der Waals surface area contributed by atoms with Gasteiger partial charge in [-0.15, -0.1) is 0 Å². The molecule has 72 valence electrons. The van der Waals surface area contributed by atoms with Gasteiger partial charge in [0.05, 0.1) is 7.11 Å². The van der Waals surface area contributed by atoms with E-state index in [0.717, 1.165) is 30.0 Å². The van der Waals surface area contributed by atoms with Gasteiger partial charge < -0.3 is 9.64 Å². The summed E-state index contributed by atoms with van der Waals surface area (Å²) in [6, 6.07) is 5.71. The van der Waals surface area contributed by atoms with Crippen LogP contribution in [0, 0.1) is 0 Å². The highest BCUT2D eigenvalue weighted by molar-refractivity contribution is 5.99. The van der Waals surface area contributed by atoms with Crippen molar-refractivity contribution in [3.05, 3.63) is 29.3 Å². The van der Waals surface area contributed by atoms with E-state index in [2.05, 4.69) is 0 Å². The Balaban J connectivity index is 2.14. The first-order valence-corrected chi connectivity index (χ1v) is 4.77. The third-order valence-corrected chi connectivity index (χ3v) is 3.10. The quantitative estimate of drug-likeness (QED) is 0.665. The van der Waals surface area contributed by atoms with Crippen molar-refractivity contribution >= 4 is 5.91 Å². The zero-order valence-corrected chi connectivity index (χ0v) is 7.99. The molecule has 1 aromatic rings. The number of hydrogen-bond donors (Lipinski definition) is 0. The summed E-state index contributed by atoms with van der Waals surface area (Å²) in [5.74, 6) is 1.56. The molecule has 4 rings (SSSR count). The van der Waals surface area contributed by atoms with Crippen LogP contribution in [0.4, 0.5) is 0 Å². The highest BCUT2D eigenvalue weighted by atomic mass is 16.5. The molecule has 0 aromatic heterocycles. The first-order valence-electron chi connectivity index (χ1n) is 4.77. The second kappa shape index (κ2) is 2.50. The number of hydrogen-bond acceptors (Lipinski definition) is 2. The lowest BCUT2D eigenvalue weighted by atomic mass is 9.82. The van der Waals surface area contributed by atoms with Crippen LogP contribution in [-0.4, -0.2) is 31.0 Å². The van der Waals surface area contributed by atoms with Crippen molar-refractivity contribution in [1.29, 1.82) is 0 Å². The maximum atomic E-state index is 11.7. The molecular weight excluding hydrogens is 178 g/mol. The van der Waals surface area contributed by atoms with Crippen LogP contribution in [0.5, 0.6) is 5.75 Å². The fraction of sp³-hybridized carbons (Fsp3) is 0.364. The summed E-state index contributed by atoms with van der Waals surface area (Å²) in [4.78, 5) is 13.6. The van der Waals surface area contributed by atoms with Gasteiger partial charge in [0.1, 0.15) is 5.75 Å². The number of carbonyl (C=O) groups excluding carboxylic acids is 1. The minimum atomic E-state index is 0.171. The lowest BCUT2D eigenvalue weighted by Crippen LogP contribution is -2.53. The third-order valence-electron chi connectivity index (χ3n) is 3.10. The number of rotatable bonds is 1. The molecule has 1 amide bonds. The molecule has 0 saturated carbocycles. The van der Waals surface area contributed by atoms with Crippen molar-refractivity contribution in [1.82, 2.24) is 4.90 Å². The van der Waals surface area contributed by atoms with E-state index >= 15 is 0 Å². The van der Waals surface area contributed by atoms with E-state index < -0.39 is 0 Å². The molecule has 2 bridgehead atoms. The fourth-order valence-corrected chi connectivity index (χ4v) is 2.21. The van der Waals surface area contributed by atoms with Crippen LogP contribution in [0.3, 0.4) is 0 Å². The molecule has 3 nitrogen and oxygen atoms in total. The largest absolute Gasteiger partial charge is 0.497 e. The molecule has 0 atom stereocenters. The molecule has 3 heteroatoms. The van der Waals surface area contributed by atoms with Crippen molar-refractivity contribution < 1.29 is 9.53 Å². The predicted molar refractivity (Wildman–Crippen MR) is 51.6 cm³/mol. The first-order chi connectivity index (χ1) is 6.79. The van der Waals surface area contributed by atoms with Crippen molar-refractivity contribution in [3.8, 4) is 5.75 Å². The topological polar surface area (TPSA) is 29.5 Å². The summed E-state index contributed by atoms with van der Waals surface area (Å²) in [6.07, 6.45) is 0. The molecule has 14 heavy (non-hydrogen) atoms. The van der Waals surface area contributed by atoms with Crippen LogP contribution in [0.2, 0.25) is 0 Å². The van der Waals surface area contributed by atoms with E-state index in [1.54, 1.807) is 7.11 Å². The Morgan fingerprint density at radius 2 is 2.21 bits per heavy atom. The van der Waals surface area contributed by atoms with Crippen LogP contribution in [-0.2, 0) is 0 Å². The zero-order valence-electron chi connectivity index (χ0n) is 7.99. The van der Waals surface area contributed by atoms with Gasteiger partial charge >= 0.3 is 0 Å². The van der Waals surface area contributed by atoms with E-state index in [1.807, 2.05) is 23.1 Å². The van der Waals surface area contributed by atoms with Crippen molar-refractivity contribution in [2.24, 2.45) is 0 Å². The van der Waals surface area contributed by atoms with Gasteiger partial charge in [-0.3, -0.25) is 4.79 Å². The molecule has 1 fully saturated rings. The summed E-state index contributed by atoms with van der Waals surface area (Å²) in [5, 5.41) is 0. The number of nitrogens with zero attached hydrogens (tertiary/aromatic N) is 1. The minimum Gasteiger partial charge on any atom is -0.497 e. The molecule has 1 saturated heterocycles. The predicted octanol–water partition coefficient (Wildman–Crippen LogP) is 1.25. The highest BCUT2D eigenvalue weighted by Gasteiger charge is 2.40. The number of ether oxygens (including phenoxy) is 1. The van der Waals surface area contributed by atoms with Crippen molar-refractivity contribution in [3.63, 3.8) is 0 Å². The molecule has 0 aliphatic carbocycles. The van der Waals surface area contributed by atoms with Gasteiger partial charge in [-0.1, -0.05) is 0 Å². The van der Waals surface area contributed by atoms with Crippen LogP contribution in [0.15, 0.2) is 18.2 Å². The maximum Gasteiger partial charge on any atom is 0.254 e. The van der Waals surface area contributed by atoms with E-state index in [-0.39, 0.29) is 5.91 Å². The molecule has 0 unspecified atom stereocenters. The summed E-state index contributed by atoms with van der Waals surface area (Å²) < 4.78 is 5.16. The maximum absolute atomic E-state index is 11.7. The van der Waals surface area contributed by atoms with Crippen LogP contribution in [0.1, 0.15) is 21.8 Å². The van der Waals surface area contributed by atoms with E-state index in [1.165, 1.54) is 0 Å². The van der Waals surface area contributed by atoms with Crippen molar-refractivity contribution in [2.75, 3.05) is 20.2 Å². The number of amides is 1. The lowest BCUT2D eigenvalue weighted by molar-refractivity contribution is 0.0547. The highest BCUT2D eigenvalue weighted by Crippen LogP contribution is 2.38. The number of methoxy groups -OCH3 is 1.